The largest absolute Gasteiger partial charge is 0.334 e. The summed E-state index contributed by atoms with van der Waals surface area (Å²) in [5, 5.41) is 0. The Kier molecular flexibility index (Phi) is 2.31. The van der Waals surface area contributed by atoms with E-state index in [1.807, 2.05) is 6.20 Å². The summed E-state index contributed by atoms with van der Waals surface area (Å²) in [5.74, 6) is 1.04. The Labute approximate surface area is 77.2 Å². The lowest BCUT2D eigenvalue weighted by molar-refractivity contribution is 0.0560. The van der Waals surface area contributed by atoms with Gasteiger partial charge in [-0.15, -0.1) is 0 Å². The molecular weight excluding hydrogens is 169 g/mol. The minimum atomic E-state index is -0.620. The van der Waals surface area contributed by atoms with Gasteiger partial charge in [0, 0.05) is 32.0 Å². The lowest BCUT2D eigenvalue weighted by Crippen LogP contribution is -2.47. The highest BCUT2D eigenvalue weighted by molar-refractivity contribution is 4.94. The maximum Gasteiger partial charge on any atom is 0.125 e. The first-order valence-corrected chi connectivity index (χ1v) is 4.66. The molecule has 0 atom stereocenters. The number of rotatable bonds is 3. The van der Waals surface area contributed by atoms with Gasteiger partial charge in [0.2, 0.25) is 0 Å². The molecule has 72 valence electrons. The number of aryl methyl sites for hydroxylation is 1. The molecule has 0 unspecified atom stereocenters. The zero-order chi connectivity index (χ0) is 9.26. The molecule has 0 amide bonds. The highest BCUT2D eigenvalue weighted by Gasteiger charge is 2.26. The predicted octanol–water partition coefficient (Wildman–Crippen LogP) is 1.06. The molecule has 0 N–H and O–H groups in total. The topological polar surface area (TPSA) is 21.1 Å². The van der Waals surface area contributed by atoms with E-state index in [0.717, 1.165) is 18.9 Å². The molecule has 1 aromatic heterocycles. The Bertz CT molecular complexity index is 278. The van der Waals surface area contributed by atoms with E-state index in [-0.39, 0.29) is 0 Å². The molecule has 4 heteroatoms. The first-order valence-electron chi connectivity index (χ1n) is 4.66. The average Bonchev–Trinajstić information content (AvgIpc) is 2.49. The lowest BCUT2D eigenvalue weighted by Gasteiger charge is -2.33. The van der Waals surface area contributed by atoms with Gasteiger partial charge in [0.15, 0.2) is 0 Å². The van der Waals surface area contributed by atoms with Crippen LogP contribution >= 0.6 is 0 Å². The molecule has 2 heterocycles. The van der Waals surface area contributed by atoms with Gasteiger partial charge in [-0.05, 0) is 6.92 Å². The summed E-state index contributed by atoms with van der Waals surface area (Å²) in [7, 11) is 0. The number of hydrogen-bond acceptors (Lipinski definition) is 2. The van der Waals surface area contributed by atoms with Crippen molar-refractivity contribution in [1.29, 1.82) is 0 Å². The van der Waals surface area contributed by atoms with E-state index in [1.54, 1.807) is 6.20 Å². The summed E-state index contributed by atoms with van der Waals surface area (Å²) in [4.78, 5) is 6.30. The van der Waals surface area contributed by atoms with E-state index in [1.165, 1.54) is 0 Å². The fourth-order valence-corrected chi connectivity index (χ4v) is 1.62. The van der Waals surface area contributed by atoms with Gasteiger partial charge in [0.05, 0.1) is 6.54 Å². The van der Waals surface area contributed by atoms with Crippen molar-refractivity contribution in [2.24, 2.45) is 0 Å². The molecule has 0 bridgehead atoms. The zero-order valence-corrected chi connectivity index (χ0v) is 7.78. The molecule has 1 aliphatic rings. The van der Waals surface area contributed by atoms with Crippen LogP contribution in [-0.2, 0) is 13.1 Å². The van der Waals surface area contributed by atoms with Crippen LogP contribution in [0, 0.1) is 0 Å². The van der Waals surface area contributed by atoms with Gasteiger partial charge < -0.3 is 4.57 Å². The SMILES string of the molecule is CCn1ccnc1CN1CC(F)C1. The zero-order valence-electron chi connectivity index (χ0n) is 7.78. The molecule has 0 spiro atoms. The van der Waals surface area contributed by atoms with Crippen molar-refractivity contribution < 1.29 is 4.39 Å². The molecule has 0 aromatic carbocycles. The van der Waals surface area contributed by atoms with Crippen molar-refractivity contribution in [2.75, 3.05) is 13.1 Å². The molecule has 1 aliphatic heterocycles. The molecule has 0 saturated carbocycles. The Hall–Kier alpha value is -0.900. The average molecular weight is 183 g/mol. The summed E-state index contributed by atoms with van der Waals surface area (Å²) >= 11 is 0. The normalized spacial score (nSPS) is 18.9. The number of aromatic nitrogens is 2. The smallest absolute Gasteiger partial charge is 0.125 e. The van der Waals surface area contributed by atoms with Crippen LogP contribution in [0.25, 0.3) is 0 Å². The summed E-state index contributed by atoms with van der Waals surface area (Å²) in [5.41, 5.74) is 0. The Morgan fingerprint density at radius 3 is 3.00 bits per heavy atom. The van der Waals surface area contributed by atoms with E-state index in [2.05, 4.69) is 21.4 Å². The molecule has 3 nitrogen and oxygen atoms in total. The Balaban J connectivity index is 1.94. The second-order valence-electron chi connectivity index (χ2n) is 3.42. The quantitative estimate of drug-likeness (QED) is 0.698. The summed E-state index contributed by atoms with van der Waals surface area (Å²) < 4.78 is 14.6. The molecule has 1 aromatic rings. The number of hydrogen-bond donors (Lipinski definition) is 0. The van der Waals surface area contributed by atoms with Crippen molar-refractivity contribution in [3.8, 4) is 0 Å². The van der Waals surface area contributed by atoms with E-state index in [4.69, 9.17) is 0 Å². The molecule has 1 saturated heterocycles. The van der Waals surface area contributed by atoms with E-state index >= 15 is 0 Å². The molecule has 0 radical (unpaired) electrons. The summed E-state index contributed by atoms with van der Waals surface area (Å²) in [6.45, 7) is 4.93. The van der Waals surface area contributed by atoms with Crippen molar-refractivity contribution in [1.82, 2.24) is 14.5 Å². The number of nitrogens with zero attached hydrogens (tertiary/aromatic N) is 3. The Morgan fingerprint density at radius 1 is 1.62 bits per heavy atom. The predicted molar refractivity (Wildman–Crippen MR) is 48.1 cm³/mol. The van der Waals surface area contributed by atoms with Gasteiger partial charge >= 0.3 is 0 Å². The minimum absolute atomic E-state index is 0.566. The second-order valence-corrected chi connectivity index (χ2v) is 3.42. The van der Waals surface area contributed by atoms with E-state index in [9.17, 15) is 4.39 Å². The summed E-state index contributed by atoms with van der Waals surface area (Å²) in [6.07, 6.45) is 3.14. The van der Waals surface area contributed by atoms with Crippen LogP contribution in [0.2, 0.25) is 0 Å². The highest BCUT2D eigenvalue weighted by atomic mass is 19.1. The van der Waals surface area contributed by atoms with Crippen LogP contribution in [0.3, 0.4) is 0 Å². The van der Waals surface area contributed by atoms with Crippen LogP contribution in [0.15, 0.2) is 12.4 Å². The minimum Gasteiger partial charge on any atom is -0.334 e. The third kappa shape index (κ3) is 1.72. The van der Waals surface area contributed by atoms with Gasteiger partial charge in [-0.1, -0.05) is 0 Å². The monoisotopic (exact) mass is 183 g/mol. The van der Waals surface area contributed by atoms with E-state index in [0.29, 0.717) is 13.1 Å². The number of alkyl halides is 1. The van der Waals surface area contributed by atoms with Crippen LogP contribution in [-0.4, -0.2) is 33.7 Å². The fourth-order valence-electron chi connectivity index (χ4n) is 1.62. The maximum absolute atomic E-state index is 12.5. The van der Waals surface area contributed by atoms with Crippen LogP contribution in [0.5, 0.6) is 0 Å². The number of imidazole rings is 1. The van der Waals surface area contributed by atoms with Crippen LogP contribution in [0.4, 0.5) is 4.39 Å². The van der Waals surface area contributed by atoms with Crippen LogP contribution < -0.4 is 0 Å². The van der Waals surface area contributed by atoms with Crippen molar-refractivity contribution >= 4 is 0 Å². The van der Waals surface area contributed by atoms with Gasteiger partial charge in [0.1, 0.15) is 12.0 Å². The molecular formula is C9H14FN3. The van der Waals surface area contributed by atoms with Crippen molar-refractivity contribution in [2.45, 2.75) is 26.2 Å². The molecule has 1 fully saturated rings. The molecule has 13 heavy (non-hydrogen) atoms. The van der Waals surface area contributed by atoms with Crippen molar-refractivity contribution in [3.63, 3.8) is 0 Å². The lowest BCUT2D eigenvalue weighted by atomic mass is 10.2. The summed E-state index contributed by atoms with van der Waals surface area (Å²) in [6, 6.07) is 0. The molecule has 2 rings (SSSR count). The van der Waals surface area contributed by atoms with Gasteiger partial charge in [-0.3, -0.25) is 4.90 Å². The highest BCUT2D eigenvalue weighted by Crippen LogP contribution is 2.14. The van der Waals surface area contributed by atoms with Gasteiger partial charge in [-0.2, -0.15) is 0 Å². The standard InChI is InChI=1S/C9H14FN3/c1-2-13-4-3-11-9(13)7-12-5-8(10)6-12/h3-4,8H,2,5-7H2,1H3. The Morgan fingerprint density at radius 2 is 2.38 bits per heavy atom. The first kappa shape index (κ1) is 8.69. The van der Waals surface area contributed by atoms with E-state index < -0.39 is 6.17 Å². The first-order chi connectivity index (χ1) is 6.29. The molecule has 0 aliphatic carbocycles. The third-order valence-electron chi connectivity index (χ3n) is 2.42. The van der Waals surface area contributed by atoms with Gasteiger partial charge in [-0.25, -0.2) is 9.37 Å². The number of likely N-dealkylation sites (tertiary alicyclic amines) is 1. The van der Waals surface area contributed by atoms with Crippen molar-refractivity contribution in [3.05, 3.63) is 18.2 Å². The fraction of sp³-hybridized carbons (Fsp3) is 0.667. The second kappa shape index (κ2) is 3.46. The van der Waals surface area contributed by atoms with Gasteiger partial charge in [0.25, 0.3) is 0 Å². The van der Waals surface area contributed by atoms with Crippen LogP contribution in [0.1, 0.15) is 12.7 Å². The number of halogens is 1. The third-order valence-corrected chi connectivity index (χ3v) is 2.42. The maximum atomic E-state index is 12.5.